The van der Waals surface area contributed by atoms with Crippen molar-refractivity contribution in [3.05, 3.63) is 81.9 Å². The van der Waals surface area contributed by atoms with E-state index in [4.69, 9.17) is 0 Å². The van der Waals surface area contributed by atoms with Gasteiger partial charge >= 0.3 is 0 Å². The van der Waals surface area contributed by atoms with Crippen LogP contribution in [0.25, 0.3) is 12.2 Å². The van der Waals surface area contributed by atoms with Crippen LogP contribution in [0.3, 0.4) is 0 Å². The van der Waals surface area contributed by atoms with Gasteiger partial charge < -0.3 is 4.90 Å². The van der Waals surface area contributed by atoms with E-state index in [9.17, 15) is 31.9 Å². The zero-order valence-electron chi connectivity index (χ0n) is 20.1. The maximum atomic E-state index is 13.8. The molecule has 0 atom stereocenters. The summed E-state index contributed by atoms with van der Waals surface area (Å²) in [4.78, 5) is 42.7. The summed E-state index contributed by atoms with van der Waals surface area (Å²) in [5.41, 5.74) is -0.181. The Labute approximate surface area is 212 Å². The van der Waals surface area contributed by atoms with Gasteiger partial charge in [-0.15, -0.1) is 0 Å². The molecule has 9 heteroatoms. The van der Waals surface area contributed by atoms with Crippen LogP contribution >= 0.6 is 0 Å². The predicted molar refractivity (Wildman–Crippen MR) is 130 cm³/mol. The van der Waals surface area contributed by atoms with Crippen LogP contribution in [0.15, 0.2) is 47.5 Å². The minimum Gasteiger partial charge on any atom is -0.303 e. The molecule has 2 aromatic carbocycles. The minimum atomic E-state index is -1.16. The van der Waals surface area contributed by atoms with E-state index >= 15 is 0 Å². The standard InChI is InChI=1S/C28H26F4N2O3/c29-22-7-5-18(15-24(22)31)13-20-17-34(26(35)9-12-33-10-3-1-2-4-11-33)28(37)21(27(20)36)14-19-6-8-23(30)25(32)16-19/h5-8,13-16H,1-4,9-12,17H2/b20-13+,21-14-. The van der Waals surface area contributed by atoms with Gasteiger partial charge in [0.25, 0.3) is 5.91 Å². The van der Waals surface area contributed by atoms with Crippen LogP contribution in [-0.2, 0) is 14.4 Å². The number of nitrogens with zero attached hydrogens (tertiary/aromatic N) is 2. The van der Waals surface area contributed by atoms with Gasteiger partial charge in [0.05, 0.1) is 12.1 Å². The molecule has 2 saturated heterocycles. The highest BCUT2D eigenvalue weighted by Crippen LogP contribution is 2.25. The molecule has 37 heavy (non-hydrogen) atoms. The zero-order chi connectivity index (χ0) is 26.5. The number of halogens is 4. The van der Waals surface area contributed by atoms with Crippen LogP contribution in [-0.4, -0.2) is 53.6 Å². The summed E-state index contributed by atoms with van der Waals surface area (Å²) in [5, 5.41) is 0. The van der Waals surface area contributed by atoms with Crippen molar-refractivity contribution in [3.8, 4) is 0 Å². The average molecular weight is 515 g/mol. The number of piperidine rings is 1. The van der Waals surface area contributed by atoms with E-state index in [1.807, 2.05) is 0 Å². The molecule has 0 N–H and O–H groups in total. The number of amides is 2. The number of carbonyl (C=O) groups excluding carboxylic acids is 3. The van der Waals surface area contributed by atoms with Crippen molar-refractivity contribution in [3.63, 3.8) is 0 Å². The summed E-state index contributed by atoms with van der Waals surface area (Å²) < 4.78 is 54.2. The Morgan fingerprint density at radius 1 is 0.784 bits per heavy atom. The molecule has 194 valence electrons. The zero-order valence-corrected chi connectivity index (χ0v) is 20.1. The van der Waals surface area contributed by atoms with Crippen molar-refractivity contribution in [2.24, 2.45) is 0 Å². The molecule has 2 aromatic rings. The summed E-state index contributed by atoms with van der Waals surface area (Å²) in [7, 11) is 0. The summed E-state index contributed by atoms with van der Waals surface area (Å²) in [6, 6.07) is 5.96. The van der Waals surface area contributed by atoms with E-state index in [1.54, 1.807) is 0 Å². The molecular formula is C28H26F4N2O3. The van der Waals surface area contributed by atoms with E-state index < -0.39 is 46.4 Å². The van der Waals surface area contributed by atoms with Gasteiger partial charge in [-0.25, -0.2) is 17.6 Å². The highest BCUT2D eigenvalue weighted by molar-refractivity contribution is 6.33. The normalized spacial score (nSPS) is 19.5. The SMILES string of the molecule is O=C1/C(=C/c2ccc(F)c(F)c2)C(=O)N(C(=O)CCN2CCCCCC2)C/C1=C\c1ccc(F)c(F)c1. The number of imide groups is 1. The maximum Gasteiger partial charge on any atom is 0.264 e. The molecule has 2 amide bonds. The molecule has 2 aliphatic rings. The Balaban J connectivity index is 1.65. The Morgan fingerprint density at radius 3 is 1.92 bits per heavy atom. The molecule has 2 fully saturated rings. The van der Waals surface area contributed by atoms with Crippen molar-refractivity contribution >= 4 is 29.7 Å². The van der Waals surface area contributed by atoms with E-state index in [0.29, 0.717) is 6.54 Å². The van der Waals surface area contributed by atoms with Crippen molar-refractivity contribution < 1.29 is 31.9 Å². The summed E-state index contributed by atoms with van der Waals surface area (Å²) in [6.45, 7) is 1.84. The Kier molecular flexibility index (Phi) is 8.33. The summed E-state index contributed by atoms with van der Waals surface area (Å²) >= 11 is 0. The minimum absolute atomic E-state index is 0.00237. The van der Waals surface area contributed by atoms with Crippen LogP contribution in [0.2, 0.25) is 0 Å². The lowest BCUT2D eigenvalue weighted by Gasteiger charge is -2.29. The second kappa shape index (κ2) is 11.6. The van der Waals surface area contributed by atoms with Crippen molar-refractivity contribution in [2.75, 3.05) is 26.2 Å². The summed E-state index contributed by atoms with van der Waals surface area (Å²) in [5.74, 6) is -6.50. The quantitative estimate of drug-likeness (QED) is 0.323. The number of carbonyl (C=O) groups is 3. The number of benzene rings is 2. The van der Waals surface area contributed by atoms with Gasteiger partial charge in [0.1, 0.15) is 0 Å². The molecular weight excluding hydrogens is 488 g/mol. The first-order chi connectivity index (χ1) is 17.7. The molecule has 0 saturated carbocycles. The van der Waals surface area contributed by atoms with Crippen molar-refractivity contribution in [2.45, 2.75) is 32.1 Å². The first-order valence-electron chi connectivity index (χ1n) is 12.2. The van der Waals surface area contributed by atoms with Crippen LogP contribution in [0, 0.1) is 23.3 Å². The Hall–Kier alpha value is -3.59. The van der Waals surface area contributed by atoms with Gasteiger partial charge in [0.2, 0.25) is 5.91 Å². The van der Waals surface area contributed by atoms with Crippen LogP contribution in [0.4, 0.5) is 17.6 Å². The third-order valence-corrected chi connectivity index (χ3v) is 6.52. The van der Waals surface area contributed by atoms with Crippen LogP contribution < -0.4 is 0 Å². The number of hydrogen-bond donors (Lipinski definition) is 0. The lowest BCUT2D eigenvalue weighted by atomic mass is 9.93. The smallest absolute Gasteiger partial charge is 0.264 e. The van der Waals surface area contributed by atoms with Gasteiger partial charge in [-0.1, -0.05) is 25.0 Å². The highest BCUT2D eigenvalue weighted by Gasteiger charge is 2.36. The van der Waals surface area contributed by atoms with Crippen molar-refractivity contribution in [1.29, 1.82) is 0 Å². The van der Waals surface area contributed by atoms with Gasteiger partial charge in [-0.05, 0) is 73.5 Å². The highest BCUT2D eigenvalue weighted by atomic mass is 19.2. The second-order valence-corrected chi connectivity index (χ2v) is 9.19. The molecule has 0 bridgehead atoms. The lowest BCUT2D eigenvalue weighted by Crippen LogP contribution is -2.46. The molecule has 2 aliphatic heterocycles. The molecule has 0 aliphatic carbocycles. The van der Waals surface area contributed by atoms with E-state index in [-0.39, 0.29) is 29.7 Å². The first kappa shape index (κ1) is 26.5. The first-order valence-corrected chi connectivity index (χ1v) is 12.2. The monoisotopic (exact) mass is 514 g/mol. The molecule has 4 rings (SSSR count). The predicted octanol–water partition coefficient (Wildman–Crippen LogP) is 4.91. The molecule has 2 heterocycles. The van der Waals surface area contributed by atoms with Gasteiger partial charge in [0, 0.05) is 18.5 Å². The largest absolute Gasteiger partial charge is 0.303 e. The third-order valence-electron chi connectivity index (χ3n) is 6.52. The molecule has 0 aromatic heterocycles. The maximum absolute atomic E-state index is 13.8. The van der Waals surface area contributed by atoms with E-state index in [2.05, 4.69) is 4.90 Å². The van der Waals surface area contributed by atoms with E-state index in [1.165, 1.54) is 18.2 Å². The fraction of sp³-hybridized carbons (Fsp3) is 0.321. The topological polar surface area (TPSA) is 57.7 Å². The van der Waals surface area contributed by atoms with Crippen LogP contribution in [0.5, 0.6) is 0 Å². The Bertz CT molecular complexity index is 1280. The van der Waals surface area contributed by atoms with Gasteiger partial charge in [-0.2, -0.15) is 0 Å². The third kappa shape index (κ3) is 6.40. The lowest BCUT2D eigenvalue weighted by molar-refractivity contribution is -0.143. The van der Waals surface area contributed by atoms with Crippen LogP contribution in [0.1, 0.15) is 43.2 Å². The van der Waals surface area contributed by atoms with Crippen molar-refractivity contribution in [1.82, 2.24) is 9.80 Å². The molecule has 0 spiro atoms. The fourth-order valence-electron chi connectivity index (χ4n) is 4.49. The van der Waals surface area contributed by atoms with E-state index in [0.717, 1.165) is 74.0 Å². The number of ketones is 1. The second-order valence-electron chi connectivity index (χ2n) is 9.19. The van der Waals surface area contributed by atoms with Gasteiger partial charge in [0.15, 0.2) is 29.1 Å². The number of Topliss-reactive ketones (excluding diaryl/α,β-unsaturated/α-hetero) is 1. The summed E-state index contributed by atoms with van der Waals surface area (Å²) in [6.07, 6.45) is 6.77. The molecule has 0 radical (unpaired) electrons. The Morgan fingerprint density at radius 2 is 1.35 bits per heavy atom. The average Bonchev–Trinajstić information content (AvgIpc) is 3.15. The fourth-order valence-corrected chi connectivity index (χ4v) is 4.49. The number of rotatable bonds is 5. The molecule has 0 unspecified atom stereocenters. The molecule has 5 nitrogen and oxygen atoms in total. The number of hydrogen-bond acceptors (Lipinski definition) is 4. The number of likely N-dealkylation sites (tertiary alicyclic amines) is 2. The van der Waals surface area contributed by atoms with Gasteiger partial charge in [-0.3, -0.25) is 19.3 Å².